The van der Waals surface area contributed by atoms with Crippen LogP contribution < -0.4 is 14.8 Å². The Bertz CT molecular complexity index is 808. The van der Waals surface area contributed by atoms with Crippen LogP contribution in [0, 0.1) is 6.92 Å². The number of aromatic nitrogens is 1. The number of rotatable bonds is 7. The SMILES string of the molecule is CC[C@@H]1CN(CCC(=O)N[C@H](C)c2csc(C)n2)Cc2cc(OC)ccc2O1. The lowest BCUT2D eigenvalue weighted by molar-refractivity contribution is -0.122. The van der Waals surface area contributed by atoms with Gasteiger partial charge in [0, 0.05) is 37.0 Å². The van der Waals surface area contributed by atoms with Gasteiger partial charge in [-0.2, -0.15) is 0 Å². The van der Waals surface area contributed by atoms with Crippen molar-refractivity contribution >= 4 is 17.2 Å². The second-order valence-corrected chi connectivity index (χ2v) is 8.25. The van der Waals surface area contributed by atoms with Crippen molar-refractivity contribution in [1.82, 2.24) is 15.2 Å². The Kier molecular flexibility index (Phi) is 6.91. The second kappa shape index (κ2) is 9.39. The molecule has 1 amide bonds. The van der Waals surface area contributed by atoms with Gasteiger partial charge in [-0.15, -0.1) is 11.3 Å². The molecule has 1 aromatic carbocycles. The maximum Gasteiger partial charge on any atom is 0.221 e. The summed E-state index contributed by atoms with van der Waals surface area (Å²) in [5.41, 5.74) is 2.02. The maximum absolute atomic E-state index is 12.4. The molecule has 2 atom stereocenters. The molecule has 6 nitrogen and oxygen atoms in total. The van der Waals surface area contributed by atoms with Crippen molar-refractivity contribution in [3.63, 3.8) is 0 Å². The van der Waals surface area contributed by atoms with Crippen LogP contribution in [0.4, 0.5) is 0 Å². The number of carbonyl (C=O) groups excluding carboxylic acids is 1. The maximum atomic E-state index is 12.4. The summed E-state index contributed by atoms with van der Waals surface area (Å²) in [6, 6.07) is 5.85. The van der Waals surface area contributed by atoms with E-state index < -0.39 is 0 Å². The zero-order valence-electron chi connectivity index (χ0n) is 17.0. The zero-order chi connectivity index (χ0) is 20.1. The molecule has 0 unspecified atom stereocenters. The number of fused-ring (bicyclic) bond motifs is 1. The van der Waals surface area contributed by atoms with E-state index in [-0.39, 0.29) is 18.1 Å². The van der Waals surface area contributed by atoms with Gasteiger partial charge in [-0.1, -0.05) is 6.92 Å². The lowest BCUT2D eigenvalue weighted by Gasteiger charge is -2.23. The Labute approximate surface area is 170 Å². The van der Waals surface area contributed by atoms with Crippen LogP contribution in [-0.4, -0.2) is 42.1 Å². The van der Waals surface area contributed by atoms with Crippen LogP contribution in [0.2, 0.25) is 0 Å². The van der Waals surface area contributed by atoms with Gasteiger partial charge in [-0.3, -0.25) is 9.69 Å². The highest BCUT2D eigenvalue weighted by Crippen LogP contribution is 2.29. The van der Waals surface area contributed by atoms with Gasteiger partial charge >= 0.3 is 0 Å². The fourth-order valence-corrected chi connectivity index (χ4v) is 4.05. The highest BCUT2D eigenvalue weighted by atomic mass is 32.1. The number of carbonyl (C=O) groups is 1. The molecule has 2 aromatic rings. The van der Waals surface area contributed by atoms with E-state index in [1.165, 1.54) is 0 Å². The number of hydrogen-bond acceptors (Lipinski definition) is 6. The summed E-state index contributed by atoms with van der Waals surface area (Å²) in [7, 11) is 1.67. The van der Waals surface area contributed by atoms with Crippen molar-refractivity contribution in [3.8, 4) is 11.5 Å². The number of nitrogens with one attached hydrogen (secondary N) is 1. The summed E-state index contributed by atoms with van der Waals surface area (Å²) in [5.74, 6) is 1.77. The molecule has 1 aliphatic rings. The molecular weight excluding hydrogens is 374 g/mol. The van der Waals surface area contributed by atoms with Crippen LogP contribution in [0.25, 0.3) is 0 Å². The molecule has 0 fully saturated rings. The number of nitrogens with zero attached hydrogens (tertiary/aromatic N) is 2. The highest BCUT2D eigenvalue weighted by molar-refractivity contribution is 7.09. The molecular formula is C21H29N3O3S. The van der Waals surface area contributed by atoms with Crippen molar-refractivity contribution in [3.05, 3.63) is 39.8 Å². The molecule has 0 saturated heterocycles. The van der Waals surface area contributed by atoms with Crippen LogP contribution >= 0.6 is 11.3 Å². The number of hydrogen-bond donors (Lipinski definition) is 1. The first-order chi connectivity index (χ1) is 13.5. The van der Waals surface area contributed by atoms with Crippen molar-refractivity contribution < 1.29 is 14.3 Å². The standard InChI is InChI=1S/C21H29N3O3S/c1-5-17-12-24(11-16-10-18(26-4)6-7-20(16)27-17)9-8-21(25)22-14(2)19-13-28-15(3)23-19/h6-7,10,13-14,17H,5,8-9,11-12H2,1-4H3,(H,22,25)/t14-,17-/m1/s1. The van der Waals surface area contributed by atoms with E-state index in [0.29, 0.717) is 13.0 Å². The third kappa shape index (κ3) is 5.23. The molecule has 0 aliphatic carbocycles. The van der Waals surface area contributed by atoms with Gasteiger partial charge in [-0.05, 0) is 38.5 Å². The third-order valence-corrected chi connectivity index (χ3v) is 5.78. The third-order valence-electron chi connectivity index (χ3n) is 4.99. The number of thiazole rings is 1. The number of methoxy groups -OCH3 is 1. The molecule has 0 spiro atoms. The summed E-state index contributed by atoms with van der Waals surface area (Å²) in [6.07, 6.45) is 1.49. The summed E-state index contributed by atoms with van der Waals surface area (Å²) < 4.78 is 11.5. The van der Waals surface area contributed by atoms with Crippen LogP contribution in [0.3, 0.4) is 0 Å². The average molecular weight is 404 g/mol. The van der Waals surface area contributed by atoms with Gasteiger partial charge in [-0.25, -0.2) is 4.98 Å². The molecule has 2 heterocycles. The molecule has 152 valence electrons. The van der Waals surface area contributed by atoms with Gasteiger partial charge in [0.15, 0.2) is 0 Å². The second-order valence-electron chi connectivity index (χ2n) is 7.19. The Morgan fingerprint density at radius 1 is 1.50 bits per heavy atom. The zero-order valence-corrected chi connectivity index (χ0v) is 17.8. The molecule has 3 rings (SSSR count). The topological polar surface area (TPSA) is 63.7 Å². The summed E-state index contributed by atoms with van der Waals surface area (Å²) in [4.78, 5) is 19.2. The minimum Gasteiger partial charge on any atom is -0.497 e. The summed E-state index contributed by atoms with van der Waals surface area (Å²) in [5, 5.41) is 6.07. The van der Waals surface area contributed by atoms with E-state index in [2.05, 4.69) is 22.1 Å². The largest absolute Gasteiger partial charge is 0.497 e. The number of ether oxygens (including phenoxy) is 2. The minimum atomic E-state index is -0.0710. The Hall–Kier alpha value is -2.12. The molecule has 7 heteroatoms. The fraction of sp³-hybridized carbons (Fsp3) is 0.524. The van der Waals surface area contributed by atoms with Gasteiger partial charge in [0.1, 0.15) is 17.6 Å². The van der Waals surface area contributed by atoms with E-state index in [9.17, 15) is 4.79 Å². The van der Waals surface area contributed by atoms with Crippen molar-refractivity contribution in [2.45, 2.75) is 52.3 Å². The van der Waals surface area contributed by atoms with Gasteiger partial charge in [0.25, 0.3) is 0 Å². The van der Waals surface area contributed by atoms with E-state index in [1.807, 2.05) is 37.4 Å². The normalized spacial score (nSPS) is 17.9. The smallest absolute Gasteiger partial charge is 0.221 e. The number of amides is 1. The van der Waals surface area contributed by atoms with E-state index in [1.54, 1.807) is 18.4 Å². The first-order valence-corrected chi connectivity index (χ1v) is 10.6. The molecule has 1 N–H and O–H groups in total. The fourth-order valence-electron chi connectivity index (χ4n) is 3.34. The molecule has 0 saturated carbocycles. The van der Waals surface area contributed by atoms with Crippen molar-refractivity contribution in [2.75, 3.05) is 20.2 Å². The lowest BCUT2D eigenvalue weighted by atomic mass is 10.1. The van der Waals surface area contributed by atoms with Gasteiger partial charge < -0.3 is 14.8 Å². The Balaban J connectivity index is 1.59. The van der Waals surface area contributed by atoms with E-state index in [4.69, 9.17) is 9.47 Å². The van der Waals surface area contributed by atoms with Gasteiger partial charge in [0.2, 0.25) is 5.91 Å². The Morgan fingerprint density at radius 2 is 2.32 bits per heavy atom. The van der Waals surface area contributed by atoms with Gasteiger partial charge in [0.05, 0.1) is 23.9 Å². The van der Waals surface area contributed by atoms with Crippen molar-refractivity contribution in [2.24, 2.45) is 0 Å². The van der Waals surface area contributed by atoms with Crippen LogP contribution in [0.1, 0.15) is 49.0 Å². The first kappa shape index (κ1) is 20.6. The average Bonchev–Trinajstić information content (AvgIpc) is 3.04. The van der Waals surface area contributed by atoms with E-state index in [0.717, 1.165) is 47.3 Å². The highest BCUT2D eigenvalue weighted by Gasteiger charge is 2.23. The minimum absolute atomic E-state index is 0.0437. The lowest BCUT2D eigenvalue weighted by Crippen LogP contribution is -2.36. The number of benzene rings is 1. The quantitative estimate of drug-likeness (QED) is 0.764. The molecule has 28 heavy (non-hydrogen) atoms. The predicted molar refractivity (Wildman–Crippen MR) is 111 cm³/mol. The monoisotopic (exact) mass is 403 g/mol. The summed E-state index contributed by atoms with van der Waals surface area (Å²) >= 11 is 1.60. The first-order valence-electron chi connectivity index (χ1n) is 9.75. The van der Waals surface area contributed by atoms with Crippen LogP contribution in [-0.2, 0) is 11.3 Å². The van der Waals surface area contributed by atoms with Crippen molar-refractivity contribution in [1.29, 1.82) is 0 Å². The predicted octanol–water partition coefficient (Wildman–Crippen LogP) is 3.70. The Morgan fingerprint density at radius 3 is 3.00 bits per heavy atom. The van der Waals surface area contributed by atoms with Crippen LogP contribution in [0.5, 0.6) is 11.5 Å². The van der Waals surface area contributed by atoms with Crippen LogP contribution in [0.15, 0.2) is 23.6 Å². The molecule has 0 bridgehead atoms. The number of aryl methyl sites for hydroxylation is 1. The molecule has 1 aromatic heterocycles. The van der Waals surface area contributed by atoms with E-state index >= 15 is 0 Å². The summed E-state index contributed by atoms with van der Waals surface area (Å²) in [6.45, 7) is 8.31. The molecule has 0 radical (unpaired) electrons. The molecule has 1 aliphatic heterocycles.